The van der Waals surface area contributed by atoms with Crippen LogP contribution in [-0.4, -0.2) is 45.3 Å². The number of rotatable bonds is 13. The van der Waals surface area contributed by atoms with Crippen molar-refractivity contribution in [1.82, 2.24) is 15.3 Å². The molecule has 9 nitrogen and oxygen atoms in total. The van der Waals surface area contributed by atoms with E-state index >= 15 is 0 Å². The van der Waals surface area contributed by atoms with E-state index in [-0.39, 0.29) is 36.5 Å². The predicted octanol–water partition coefficient (Wildman–Crippen LogP) is 5.19. The van der Waals surface area contributed by atoms with Crippen molar-refractivity contribution in [2.24, 2.45) is 5.92 Å². The summed E-state index contributed by atoms with van der Waals surface area (Å²) in [6.07, 6.45) is 5.44. The van der Waals surface area contributed by atoms with Gasteiger partial charge in [-0.2, -0.15) is 0 Å². The van der Waals surface area contributed by atoms with E-state index in [0.29, 0.717) is 29.6 Å². The molecule has 10 heteroatoms. The third kappa shape index (κ3) is 9.36. The summed E-state index contributed by atoms with van der Waals surface area (Å²) in [5.74, 6) is 0.644. The van der Waals surface area contributed by atoms with E-state index < -0.39 is 6.29 Å². The zero-order chi connectivity index (χ0) is 29.0. The van der Waals surface area contributed by atoms with Crippen LogP contribution in [0.5, 0.6) is 0 Å². The van der Waals surface area contributed by atoms with Crippen molar-refractivity contribution in [2.45, 2.75) is 69.8 Å². The second-order valence-corrected chi connectivity index (χ2v) is 11.1. The number of anilines is 1. The molecule has 3 aromatic rings. The lowest BCUT2D eigenvalue weighted by molar-refractivity contribution is -0.268. The molecule has 2 amide bonds. The first kappa shape index (κ1) is 30.6. The smallest absolute Gasteiger partial charge is 0.224 e. The summed E-state index contributed by atoms with van der Waals surface area (Å²) < 4.78 is 13.0. The van der Waals surface area contributed by atoms with Gasteiger partial charge in [-0.3, -0.25) is 9.59 Å². The largest absolute Gasteiger partial charge is 0.392 e. The number of thioether (sulfide) groups is 1. The third-order valence-corrected chi connectivity index (χ3v) is 7.93. The lowest BCUT2D eigenvalue weighted by Gasteiger charge is -2.41. The molecule has 4 atom stereocenters. The monoisotopic (exact) mass is 578 g/mol. The van der Waals surface area contributed by atoms with Crippen LogP contribution in [0.3, 0.4) is 0 Å². The summed E-state index contributed by atoms with van der Waals surface area (Å²) in [5, 5.41) is 15.9. The van der Waals surface area contributed by atoms with E-state index in [4.69, 9.17) is 9.47 Å². The van der Waals surface area contributed by atoms with Gasteiger partial charge in [-0.25, -0.2) is 9.97 Å². The van der Waals surface area contributed by atoms with Crippen molar-refractivity contribution in [2.75, 3.05) is 17.6 Å². The van der Waals surface area contributed by atoms with Gasteiger partial charge in [-0.1, -0.05) is 61.5 Å². The Labute approximate surface area is 245 Å². The minimum Gasteiger partial charge on any atom is -0.392 e. The number of unbranched alkanes of at least 4 members (excludes halogenated alkanes) is 2. The van der Waals surface area contributed by atoms with Crippen molar-refractivity contribution in [3.63, 3.8) is 0 Å². The molecule has 0 unspecified atom stereocenters. The van der Waals surface area contributed by atoms with E-state index in [1.54, 1.807) is 30.2 Å². The van der Waals surface area contributed by atoms with E-state index in [2.05, 4.69) is 27.5 Å². The molecule has 2 aromatic carbocycles. The maximum Gasteiger partial charge on any atom is 0.224 e. The molecular weight excluding hydrogens is 540 g/mol. The van der Waals surface area contributed by atoms with Crippen LogP contribution in [0.1, 0.15) is 68.6 Å². The Morgan fingerprint density at radius 3 is 2.34 bits per heavy atom. The van der Waals surface area contributed by atoms with E-state index in [9.17, 15) is 14.7 Å². The minimum absolute atomic E-state index is 0.00900. The highest BCUT2D eigenvalue weighted by atomic mass is 32.2. The van der Waals surface area contributed by atoms with Gasteiger partial charge in [0.1, 0.15) is 0 Å². The number of aromatic nitrogens is 2. The number of carbonyl (C=O) groups is 2. The van der Waals surface area contributed by atoms with Crippen LogP contribution >= 0.6 is 11.8 Å². The van der Waals surface area contributed by atoms with Crippen molar-refractivity contribution >= 4 is 29.3 Å². The van der Waals surface area contributed by atoms with Gasteiger partial charge in [0.05, 0.1) is 18.8 Å². The second kappa shape index (κ2) is 15.6. The maximum atomic E-state index is 12.4. The highest BCUT2D eigenvalue weighted by molar-refractivity contribution is 7.99. The Morgan fingerprint density at radius 2 is 1.66 bits per heavy atom. The summed E-state index contributed by atoms with van der Waals surface area (Å²) in [7, 11) is 0. The van der Waals surface area contributed by atoms with Gasteiger partial charge < -0.3 is 25.2 Å². The SMILES string of the molecule is CC(=O)NCCCCCC(=O)Nc1ccc([C@H]2O[C@@H](CSc3ncccn3)[C@@H](C)[C@@H](c3ccc(CO)cc3)O2)cc1. The molecule has 1 fully saturated rings. The highest BCUT2D eigenvalue weighted by Crippen LogP contribution is 2.42. The zero-order valence-corrected chi connectivity index (χ0v) is 24.3. The molecule has 2 heterocycles. The molecule has 1 aromatic heterocycles. The topological polar surface area (TPSA) is 123 Å². The minimum atomic E-state index is -0.593. The molecule has 1 saturated heterocycles. The number of aliphatic hydroxyl groups excluding tert-OH is 1. The fourth-order valence-electron chi connectivity index (χ4n) is 4.63. The zero-order valence-electron chi connectivity index (χ0n) is 23.5. The molecule has 0 radical (unpaired) electrons. The van der Waals surface area contributed by atoms with Gasteiger partial charge in [0.25, 0.3) is 0 Å². The van der Waals surface area contributed by atoms with Crippen LogP contribution < -0.4 is 10.6 Å². The Morgan fingerprint density at radius 1 is 0.951 bits per heavy atom. The van der Waals surface area contributed by atoms with Crippen LogP contribution in [0.25, 0.3) is 0 Å². The van der Waals surface area contributed by atoms with Gasteiger partial charge >= 0.3 is 0 Å². The highest BCUT2D eigenvalue weighted by Gasteiger charge is 2.38. The quantitative estimate of drug-likeness (QED) is 0.144. The van der Waals surface area contributed by atoms with Crippen LogP contribution in [0.2, 0.25) is 0 Å². The summed E-state index contributed by atoms with van der Waals surface area (Å²) >= 11 is 1.55. The van der Waals surface area contributed by atoms with E-state index in [0.717, 1.165) is 36.0 Å². The first-order chi connectivity index (χ1) is 19.9. The van der Waals surface area contributed by atoms with Crippen LogP contribution in [0.15, 0.2) is 72.1 Å². The lowest BCUT2D eigenvalue weighted by Crippen LogP contribution is -2.38. The van der Waals surface area contributed by atoms with Crippen LogP contribution in [0, 0.1) is 5.92 Å². The number of benzene rings is 2. The molecule has 0 spiro atoms. The fourth-order valence-corrected chi connectivity index (χ4v) is 5.59. The van der Waals surface area contributed by atoms with Crippen LogP contribution in [-0.2, 0) is 25.7 Å². The summed E-state index contributed by atoms with van der Waals surface area (Å²) in [5.41, 5.74) is 3.44. The lowest BCUT2D eigenvalue weighted by atomic mass is 9.91. The van der Waals surface area contributed by atoms with Gasteiger partial charge in [0, 0.05) is 55.2 Å². The molecule has 0 aliphatic carbocycles. The number of nitrogens with zero attached hydrogens (tertiary/aromatic N) is 2. The molecule has 1 aliphatic heterocycles. The average Bonchev–Trinajstić information content (AvgIpc) is 2.99. The normalized spacial score (nSPS) is 20.4. The first-order valence-electron chi connectivity index (χ1n) is 14.0. The summed E-state index contributed by atoms with van der Waals surface area (Å²) in [6.45, 7) is 4.25. The Bertz CT molecular complexity index is 1240. The van der Waals surface area contributed by atoms with Gasteiger partial charge in [-0.05, 0) is 42.2 Å². The number of ether oxygens (including phenoxy) is 2. The maximum absolute atomic E-state index is 12.4. The number of carbonyl (C=O) groups excluding carboxylic acids is 2. The molecule has 41 heavy (non-hydrogen) atoms. The molecule has 0 bridgehead atoms. The number of nitrogens with one attached hydrogen (secondary N) is 2. The fraction of sp³-hybridized carbons (Fsp3) is 0.419. The molecule has 1 aliphatic rings. The van der Waals surface area contributed by atoms with Gasteiger partial charge in [-0.15, -0.1) is 0 Å². The van der Waals surface area contributed by atoms with E-state index in [1.807, 2.05) is 48.5 Å². The number of hydrogen-bond donors (Lipinski definition) is 3. The molecule has 3 N–H and O–H groups in total. The summed E-state index contributed by atoms with van der Waals surface area (Å²) in [6, 6.07) is 17.2. The van der Waals surface area contributed by atoms with Crippen molar-refractivity contribution in [1.29, 1.82) is 0 Å². The first-order valence-corrected chi connectivity index (χ1v) is 15.0. The summed E-state index contributed by atoms with van der Waals surface area (Å²) in [4.78, 5) is 32.0. The second-order valence-electron chi connectivity index (χ2n) is 10.1. The van der Waals surface area contributed by atoms with Crippen molar-refractivity contribution in [3.05, 3.63) is 83.7 Å². The molecular formula is C31H38N4O5S. The molecule has 218 valence electrons. The Kier molecular flexibility index (Phi) is 11.7. The predicted molar refractivity (Wildman–Crippen MR) is 158 cm³/mol. The molecule has 4 rings (SSSR count). The van der Waals surface area contributed by atoms with Crippen molar-refractivity contribution in [3.8, 4) is 0 Å². The Balaban J connectivity index is 1.39. The van der Waals surface area contributed by atoms with Gasteiger partial charge in [0.15, 0.2) is 11.4 Å². The van der Waals surface area contributed by atoms with Crippen molar-refractivity contribution < 1.29 is 24.2 Å². The number of amides is 2. The number of aliphatic hydroxyl groups is 1. The van der Waals surface area contributed by atoms with Gasteiger partial charge in [0.2, 0.25) is 11.8 Å². The standard InChI is InChI=1S/C31H38N4O5S/c1-21-27(20-41-31-33-17-6-18-34-31)39-30(40-29(21)24-10-8-23(19-36)9-11-24)25-12-14-26(15-13-25)35-28(38)7-4-3-5-16-32-22(2)37/h6,8-15,17-18,21,27,29-30,36H,3-5,7,16,19-20H2,1-2H3,(H,32,37)(H,35,38)/t21-,27+,29+,30+/m1/s1. The molecule has 0 saturated carbocycles. The number of hydrogen-bond acceptors (Lipinski definition) is 8. The Hall–Kier alpha value is -3.31. The third-order valence-electron chi connectivity index (χ3n) is 6.96. The van der Waals surface area contributed by atoms with E-state index in [1.165, 1.54) is 6.92 Å². The van der Waals surface area contributed by atoms with Crippen LogP contribution in [0.4, 0.5) is 5.69 Å². The average molecular weight is 579 g/mol.